The molecule has 0 bridgehead atoms. The van der Waals surface area contributed by atoms with E-state index in [1.54, 1.807) is 6.08 Å². The third-order valence-corrected chi connectivity index (χ3v) is 3.29. The van der Waals surface area contributed by atoms with Crippen LogP contribution in [0.1, 0.15) is 66.2 Å². The standard InChI is InChI=1S/C16H29NO3/c1-6-8-9-10-11-14-12-13(7-2)17(20-14)15(18)19-16(3,4)5/h7,13-14H,2,6,8-12H2,1,3-5H3/t13-,14+/m1/s1. The second-order valence-electron chi connectivity index (χ2n) is 6.42. The molecule has 1 rings (SSSR count). The predicted octanol–water partition coefficient (Wildman–Crippen LogP) is 4.45. The number of ether oxygens (including phenoxy) is 1. The average molecular weight is 283 g/mol. The molecular formula is C16H29NO3. The molecule has 20 heavy (non-hydrogen) atoms. The van der Waals surface area contributed by atoms with Gasteiger partial charge in [-0.15, -0.1) is 6.58 Å². The second-order valence-corrected chi connectivity index (χ2v) is 6.42. The summed E-state index contributed by atoms with van der Waals surface area (Å²) < 4.78 is 5.36. The van der Waals surface area contributed by atoms with Crippen LogP contribution in [0.4, 0.5) is 4.79 Å². The number of rotatable bonds is 6. The first-order valence-corrected chi connectivity index (χ1v) is 7.69. The highest BCUT2D eigenvalue weighted by Crippen LogP contribution is 2.27. The fraction of sp³-hybridized carbons (Fsp3) is 0.812. The van der Waals surface area contributed by atoms with Gasteiger partial charge < -0.3 is 4.74 Å². The van der Waals surface area contributed by atoms with Crippen molar-refractivity contribution in [3.63, 3.8) is 0 Å². The molecule has 0 N–H and O–H groups in total. The molecule has 4 heteroatoms. The topological polar surface area (TPSA) is 38.8 Å². The number of hydroxylamine groups is 2. The summed E-state index contributed by atoms with van der Waals surface area (Å²) >= 11 is 0. The molecule has 1 saturated heterocycles. The predicted molar refractivity (Wildman–Crippen MR) is 80.3 cm³/mol. The van der Waals surface area contributed by atoms with E-state index in [4.69, 9.17) is 9.57 Å². The molecule has 0 radical (unpaired) electrons. The second kappa shape index (κ2) is 7.67. The van der Waals surface area contributed by atoms with Gasteiger partial charge in [-0.1, -0.05) is 38.7 Å². The Hall–Kier alpha value is -1.03. The van der Waals surface area contributed by atoms with Crippen molar-refractivity contribution in [2.24, 2.45) is 0 Å². The molecule has 0 unspecified atom stereocenters. The van der Waals surface area contributed by atoms with Gasteiger partial charge in [-0.05, 0) is 27.2 Å². The van der Waals surface area contributed by atoms with E-state index in [-0.39, 0.29) is 12.1 Å². The van der Waals surface area contributed by atoms with Crippen molar-refractivity contribution in [2.75, 3.05) is 0 Å². The largest absolute Gasteiger partial charge is 0.442 e. The number of carbonyl (C=O) groups is 1. The van der Waals surface area contributed by atoms with Crippen LogP contribution in [-0.4, -0.2) is 28.9 Å². The maximum absolute atomic E-state index is 12.1. The minimum Gasteiger partial charge on any atom is -0.442 e. The molecule has 0 spiro atoms. The third kappa shape index (κ3) is 5.53. The highest BCUT2D eigenvalue weighted by Gasteiger charge is 2.37. The van der Waals surface area contributed by atoms with Gasteiger partial charge in [0, 0.05) is 6.42 Å². The van der Waals surface area contributed by atoms with E-state index in [0.29, 0.717) is 0 Å². The van der Waals surface area contributed by atoms with Gasteiger partial charge in [0.2, 0.25) is 0 Å². The van der Waals surface area contributed by atoms with Gasteiger partial charge >= 0.3 is 6.09 Å². The highest BCUT2D eigenvalue weighted by atomic mass is 16.7. The number of carbonyl (C=O) groups excluding carboxylic acids is 1. The molecule has 1 aliphatic rings. The number of hydrogen-bond donors (Lipinski definition) is 0. The van der Waals surface area contributed by atoms with Crippen molar-refractivity contribution in [3.05, 3.63) is 12.7 Å². The summed E-state index contributed by atoms with van der Waals surface area (Å²) in [5.41, 5.74) is -0.509. The Labute approximate surface area is 123 Å². The van der Waals surface area contributed by atoms with Gasteiger partial charge in [0.1, 0.15) is 5.60 Å². The molecule has 0 saturated carbocycles. The van der Waals surface area contributed by atoms with Crippen LogP contribution >= 0.6 is 0 Å². The van der Waals surface area contributed by atoms with Crippen LogP contribution in [-0.2, 0) is 9.57 Å². The van der Waals surface area contributed by atoms with E-state index >= 15 is 0 Å². The molecule has 1 fully saturated rings. The lowest BCUT2D eigenvalue weighted by molar-refractivity contribution is -0.146. The summed E-state index contributed by atoms with van der Waals surface area (Å²) in [4.78, 5) is 17.8. The van der Waals surface area contributed by atoms with E-state index in [0.717, 1.165) is 19.3 Å². The lowest BCUT2D eigenvalue weighted by Crippen LogP contribution is -2.38. The number of nitrogens with zero attached hydrogens (tertiary/aromatic N) is 1. The molecule has 116 valence electrons. The van der Waals surface area contributed by atoms with Crippen molar-refractivity contribution in [2.45, 2.75) is 84.0 Å². The van der Waals surface area contributed by atoms with E-state index in [1.165, 1.54) is 24.3 Å². The molecule has 4 nitrogen and oxygen atoms in total. The smallest absolute Gasteiger partial charge is 0.435 e. The first kappa shape index (κ1) is 17.0. The molecule has 1 amide bonds. The third-order valence-electron chi connectivity index (χ3n) is 3.29. The Morgan fingerprint density at radius 2 is 2.10 bits per heavy atom. The Bertz CT molecular complexity index is 322. The summed E-state index contributed by atoms with van der Waals surface area (Å²) in [5.74, 6) is 0. The minimum absolute atomic E-state index is 0.0824. The van der Waals surface area contributed by atoms with Crippen molar-refractivity contribution in [3.8, 4) is 0 Å². The fourth-order valence-corrected chi connectivity index (χ4v) is 2.29. The average Bonchev–Trinajstić information content (AvgIpc) is 2.76. The fourth-order valence-electron chi connectivity index (χ4n) is 2.29. The molecule has 0 aromatic carbocycles. The van der Waals surface area contributed by atoms with Gasteiger partial charge in [-0.3, -0.25) is 4.84 Å². The van der Waals surface area contributed by atoms with Gasteiger partial charge in [-0.25, -0.2) is 4.79 Å². The van der Waals surface area contributed by atoms with E-state index in [9.17, 15) is 4.79 Å². The van der Waals surface area contributed by atoms with Crippen molar-refractivity contribution in [1.29, 1.82) is 0 Å². The minimum atomic E-state index is -0.509. The van der Waals surface area contributed by atoms with E-state index < -0.39 is 11.7 Å². The Balaban J connectivity index is 2.47. The molecular weight excluding hydrogens is 254 g/mol. The quantitative estimate of drug-likeness (QED) is 0.534. The lowest BCUT2D eigenvalue weighted by atomic mass is 10.0. The van der Waals surface area contributed by atoms with Crippen molar-refractivity contribution < 1.29 is 14.4 Å². The van der Waals surface area contributed by atoms with E-state index in [2.05, 4.69) is 13.5 Å². The molecule has 2 atom stereocenters. The highest BCUT2D eigenvalue weighted by molar-refractivity contribution is 5.67. The molecule has 0 aromatic rings. The number of hydrogen-bond acceptors (Lipinski definition) is 3. The van der Waals surface area contributed by atoms with Crippen LogP contribution in [0.3, 0.4) is 0 Å². The molecule has 1 heterocycles. The van der Waals surface area contributed by atoms with Gasteiger partial charge in [0.05, 0.1) is 12.1 Å². The zero-order valence-electron chi connectivity index (χ0n) is 13.4. The van der Waals surface area contributed by atoms with Crippen molar-refractivity contribution in [1.82, 2.24) is 5.06 Å². The SMILES string of the molecule is C=C[C@@H]1C[C@H](CCCCCC)ON1C(=O)OC(C)(C)C. The van der Waals surface area contributed by atoms with Crippen molar-refractivity contribution >= 4 is 6.09 Å². The van der Waals surface area contributed by atoms with Gasteiger partial charge in [0.15, 0.2) is 0 Å². The summed E-state index contributed by atoms with van der Waals surface area (Å²) in [5, 5.41) is 1.35. The molecule has 1 aliphatic heterocycles. The van der Waals surface area contributed by atoms with Crippen LogP contribution in [0.25, 0.3) is 0 Å². The van der Waals surface area contributed by atoms with Gasteiger partial charge in [-0.2, -0.15) is 5.06 Å². The van der Waals surface area contributed by atoms with E-state index in [1.807, 2.05) is 20.8 Å². The first-order valence-electron chi connectivity index (χ1n) is 7.69. The molecule has 0 aromatic heterocycles. The molecule has 0 aliphatic carbocycles. The van der Waals surface area contributed by atoms with Crippen LogP contribution in [0.15, 0.2) is 12.7 Å². The summed E-state index contributed by atoms with van der Waals surface area (Å²) in [7, 11) is 0. The Morgan fingerprint density at radius 3 is 2.65 bits per heavy atom. The lowest BCUT2D eigenvalue weighted by Gasteiger charge is -2.26. The maximum atomic E-state index is 12.1. The maximum Gasteiger partial charge on any atom is 0.435 e. The Morgan fingerprint density at radius 1 is 1.40 bits per heavy atom. The Kier molecular flexibility index (Phi) is 6.53. The zero-order chi connectivity index (χ0) is 15.2. The summed E-state index contributed by atoms with van der Waals surface area (Å²) in [6.45, 7) is 11.5. The van der Waals surface area contributed by atoms with Crippen LogP contribution < -0.4 is 0 Å². The number of amides is 1. The van der Waals surface area contributed by atoms with Crippen LogP contribution in [0, 0.1) is 0 Å². The monoisotopic (exact) mass is 283 g/mol. The zero-order valence-corrected chi connectivity index (χ0v) is 13.4. The summed E-state index contributed by atoms with van der Waals surface area (Å²) in [6.07, 6.45) is 8.10. The first-order chi connectivity index (χ1) is 9.37. The normalized spacial score (nSPS) is 22.9. The van der Waals surface area contributed by atoms with Gasteiger partial charge in [0.25, 0.3) is 0 Å². The number of unbranched alkanes of at least 4 members (excludes halogenated alkanes) is 3. The summed E-state index contributed by atoms with van der Waals surface area (Å²) in [6, 6.07) is -0.0824. The van der Waals surface area contributed by atoms with Crippen LogP contribution in [0.2, 0.25) is 0 Å². The van der Waals surface area contributed by atoms with Crippen LogP contribution in [0.5, 0.6) is 0 Å².